The Kier molecular flexibility index (Phi) is 8.38. The second-order valence-corrected chi connectivity index (χ2v) is 7.35. The SMILES string of the molecule is COc1ccc(NC(=O)CCCOc2cccc(Cl)c2Cl)cc1OCc1ccncc1. The lowest BCUT2D eigenvalue weighted by Crippen LogP contribution is -2.13. The van der Waals surface area contributed by atoms with E-state index in [0.29, 0.717) is 52.6 Å². The molecule has 0 fully saturated rings. The van der Waals surface area contributed by atoms with Crippen LogP contribution in [0.5, 0.6) is 17.2 Å². The molecule has 1 heterocycles. The number of nitrogens with one attached hydrogen (secondary N) is 1. The van der Waals surface area contributed by atoms with Gasteiger partial charge in [-0.1, -0.05) is 29.3 Å². The van der Waals surface area contributed by atoms with E-state index in [9.17, 15) is 4.79 Å². The third-order valence-corrected chi connectivity index (χ3v) is 5.11. The number of anilines is 1. The van der Waals surface area contributed by atoms with Crippen LogP contribution in [-0.2, 0) is 11.4 Å². The van der Waals surface area contributed by atoms with Crippen molar-refractivity contribution in [3.63, 3.8) is 0 Å². The predicted molar refractivity (Wildman–Crippen MR) is 121 cm³/mol. The van der Waals surface area contributed by atoms with Crippen molar-refractivity contribution in [2.45, 2.75) is 19.4 Å². The number of aromatic nitrogens is 1. The van der Waals surface area contributed by atoms with Gasteiger partial charge < -0.3 is 19.5 Å². The molecule has 2 aromatic carbocycles. The van der Waals surface area contributed by atoms with Gasteiger partial charge in [0.15, 0.2) is 11.5 Å². The average molecular weight is 461 g/mol. The molecule has 1 aromatic heterocycles. The Morgan fingerprint density at radius 1 is 1.00 bits per heavy atom. The van der Waals surface area contributed by atoms with Crippen molar-refractivity contribution in [3.8, 4) is 17.2 Å². The zero-order chi connectivity index (χ0) is 22.1. The first kappa shape index (κ1) is 22.7. The number of rotatable bonds is 10. The van der Waals surface area contributed by atoms with Crippen molar-refractivity contribution in [2.75, 3.05) is 19.0 Å². The summed E-state index contributed by atoms with van der Waals surface area (Å²) in [6.45, 7) is 0.704. The minimum absolute atomic E-state index is 0.133. The van der Waals surface area contributed by atoms with Gasteiger partial charge in [0.1, 0.15) is 17.4 Å². The van der Waals surface area contributed by atoms with Gasteiger partial charge in [0.05, 0.1) is 18.7 Å². The molecule has 8 heteroatoms. The Bertz CT molecular complexity index is 1020. The second-order valence-electron chi connectivity index (χ2n) is 6.56. The Morgan fingerprint density at radius 2 is 1.81 bits per heavy atom. The van der Waals surface area contributed by atoms with Crippen LogP contribution in [0.15, 0.2) is 60.9 Å². The molecule has 0 radical (unpaired) electrons. The summed E-state index contributed by atoms with van der Waals surface area (Å²) in [5.74, 6) is 1.49. The minimum atomic E-state index is -0.133. The molecule has 0 aliphatic heterocycles. The van der Waals surface area contributed by atoms with Crippen molar-refractivity contribution < 1.29 is 19.0 Å². The topological polar surface area (TPSA) is 69.7 Å². The van der Waals surface area contributed by atoms with Gasteiger partial charge in [-0.15, -0.1) is 0 Å². The average Bonchev–Trinajstić information content (AvgIpc) is 2.79. The smallest absolute Gasteiger partial charge is 0.224 e. The number of ether oxygens (including phenoxy) is 3. The van der Waals surface area contributed by atoms with Crippen LogP contribution >= 0.6 is 23.2 Å². The highest BCUT2D eigenvalue weighted by Crippen LogP contribution is 2.32. The van der Waals surface area contributed by atoms with Crippen LogP contribution in [0.4, 0.5) is 5.69 Å². The van der Waals surface area contributed by atoms with Gasteiger partial charge in [0, 0.05) is 30.6 Å². The van der Waals surface area contributed by atoms with E-state index < -0.39 is 0 Å². The van der Waals surface area contributed by atoms with E-state index >= 15 is 0 Å². The van der Waals surface area contributed by atoms with E-state index in [-0.39, 0.29) is 12.3 Å². The molecular formula is C23H22Cl2N2O4. The summed E-state index contributed by atoms with van der Waals surface area (Å²) in [4.78, 5) is 16.3. The number of pyridine rings is 1. The quantitative estimate of drug-likeness (QED) is 0.388. The number of amides is 1. The van der Waals surface area contributed by atoms with Crippen LogP contribution in [0.3, 0.4) is 0 Å². The monoisotopic (exact) mass is 460 g/mol. The number of carbonyl (C=O) groups excluding carboxylic acids is 1. The summed E-state index contributed by atoms with van der Waals surface area (Å²) in [7, 11) is 1.57. The largest absolute Gasteiger partial charge is 0.493 e. The van der Waals surface area contributed by atoms with Crippen LogP contribution < -0.4 is 19.5 Å². The molecule has 0 saturated heterocycles. The standard InChI is InChI=1S/C23H22Cl2N2O4/c1-29-19-8-7-17(14-21(19)31-15-16-9-11-26-12-10-16)27-22(28)6-3-13-30-20-5-2-4-18(24)23(20)25/h2,4-5,7-12,14H,3,6,13,15H2,1H3,(H,27,28). The molecule has 3 rings (SSSR count). The molecule has 3 aromatic rings. The van der Waals surface area contributed by atoms with Crippen molar-refractivity contribution in [1.82, 2.24) is 4.98 Å². The lowest BCUT2D eigenvalue weighted by Gasteiger charge is -2.13. The van der Waals surface area contributed by atoms with Gasteiger partial charge in [-0.25, -0.2) is 0 Å². The second kappa shape index (κ2) is 11.4. The van der Waals surface area contributed by atoms with Crippen LogP contribution in [0, 0.1) is 0 Å². The summed E-state index contributed by atoms with van der Waals surface area (Å²) in [6.07, 6.45) is 4.22. The third kappa shape index (κ3) is 6.77. The lowest BCUT2D eigenvalue weighted by atomic mass is 10.2. The molecule has 0 bridgehead atoms. The number of nitrogens with zero attached hydrogens (tertiary/aromatic N) is 1. The third-order valence-electron chi connectivity index (χ3n) is 4.31. The van der Waals surface area contributed by atoms with E-state index in [4.69, 9.17) is 37.4 Å². The molecule has 1 N–H and O–H groups in total. The number of carbonyl (C=O) groups is 1. The minimum Gasteiger partial charge on any atom is -0.493 e. The molecule has 31 heavy (non-hydrogen) atoms. The van der Waals surface area contributed by atoms with Crippen molar-refractivity contribution >= 4 is 34.8 Å². The maximum absolute atomic E-state index is 12.3. The highest BCUT2D eigenvalue weighted by Gasteiger charge is 2.10. The van der Waals surface area contributed by atoms with E-state index in [1.807, 2.05) is 12.1 Å². The fourth-order valence-electron chi connectivity index (χ4n) is 2.74. The van der Waals surface area contributed by atoms with Gasteiger partial charge in [-0.05, 0) is 48.4 Å². The predicted octanol–water partition coefficient (Wildman–Crippen LogP) is 5.77. The zero-order valence-corrected chi connectivity index (χ0v) is 18.4. The first-order chi connectivity index (χ1) is 15.1. The van der Waals surface area contributed by atoms with E-state index in [2.05, 4.69) is 10.3 Å². The van der Waals surface area contributed by atoms with Crippen LogP contribution in [-0.4, -0.2) is 24.6 Å². The highest BCUT2D eigenvalue weighted by atomic mass is 35.5. The fraction of sp³-hybridized carbons (Fsp3) is 0.217. The summed E-state index contributed by atoms with van der Waals surface area (Å²) in [6, 6.07) is 14.2. The number of halogens is 2. The van der Waals surface area contributed by atoms with Crippen molar-refractivity contribution in [2.24, 2.45) is 0 Å². The first-order valence-corrected chi connectivity index (χ1v) is 10.4. The summed E-state index contributed by atoms with van der Waals surface area (Å²) < 4.78 is 16.8. The van der Waals surface area contributed by atoms with Crippen LogP contribution in [0.25, 0.3) is 0 Å². The highest BCUT2D eigenvalue weighted by molar-refractivity contribution is 6.42. The van der Waals surface area contributed by atoms with E-state index in [1.54, 1.807) is 55.9 Å². The summed E-state index contributed by atoms with van der Waals surface area (Å²) in [5.41, 5.74) is 1.60. The van der Waals surface area contributed by atoms with Crippen molar-refractivity contribution in [3.05, 3.63) is 76.5 Å². The number of benzene rings is 2. The van der Waals surface area contributed by atoms with E-state index in [1.165, 1.54) is 0 Å². The Balaban J connectivity index is 1.50. The Hall–Kier alpha value is -2.96. The summed E-state index contributed by atoms with van der Waals surface area (Å²) in [5, 5.41) is 3.66. The van der Waals surface area contributed by atoms with Gasteiger partial charge >= 0.3 is 0 Å². The van der Waals surface area contributed by atoms with Gasteiger partial charge in [-0.3, -0.25) is 9.78 Å². The van der Waals surface area contributed by atoms with Crippen LogP contribution in [0.2, 0.25) is 10.0 Å². The van der Waals surface area contributed by atoms with Gasteiger partial charge in [-0.2, -0.15) is 0 Å². The van der Waals surface area contributed by atoms with Gasteiger partial charge in [0.25, 0.3) is 0 Å². The van der Waals surface area contributed by atoms with E-state index in [0.717, 1.165) is 5.56 Å². The molecule has 0 spiro atoms. The molecular weight excluding hydrogens is 439 g/mol. The number of hydrogen-bond donors (Lipinski definition) is 1. The molecule has 0 atom stereocenters. The number of hydrogen-bond acceptors (Lipinski definition) is 5. The molecule has 162 valence electrons. The maximum atomic E-state index is 12.3. The Morgan fingerprint density at radius 3 is 2.58 bits per heavy atom. The molecule has 6 nitrogen and oxygen atoms in total. The van der Waals surface area contributed by atoms with Gasteiger partial charge in [0.2, 0.25) is 5.91 Å². The maximum Gasteiger partial charge on any atom is 0.224 e. The molecule has 0 aliphatic carbocycles. The molecule has 0 aliphatic rings. The molecule has 0 saturated carbocycles. The number of methoxy groups -OCH3 is 1. The fourth-order valence-corrected chi connectivity index (χ4v) is 3.09. The van der Waals surface area contributed by atoms with Crippen LogP contribution in [0.1, 0.15) is 18.4 Å². The first-order valence-electron chi connectivity index (χ1n) is 9.63. The lowest BCUT2D eigenvalue weighted by molar-refractivity contribution is -0.116. The van der Waals surface area contributed by atoms with Crippen molar-refractivity contribution in [1.29, 1.82) is 0 Å². The normalized spacial score (nSPS) is 10.4. The molecule has 0 unspecified atom stereocenters. The Labute approximate surface area is 191 Å². The zero-order valence-electron chi connectivity index (χ0n) is 16.9. The molecule has 1 amide bonds. The summed E-state index contributed by atoms with van der Waals surface area (Å²) >= 11 is 12.0.